The number of aromatic hydroxyl groups is 1. The molecule has 1 saturated heterocycles. The lowest BCUT2D eigenvalue weighted by molar-refractivity contribution is 0.172. The highest BCUT2D eigenvalue weighted by molar-refractivity contribution is 5.41. The maximum Gasteiger partial charge on any atom is 0.160 e. The Morgan fingerprint density at radius 3 is 2.68 bits per heavy atom. The third-order valence-corrected chi connectivity index (χ3v) is 4.69. The summed E-state index contributed by atoms with van der Waals surface area (Å²) in [5, 5.41) is 23.3. The Hall–Kier alpha value is -2.08. The van der Waals surface area contributed by atoms with Crippen molar-refractivity contribution in [3.05, 3.63) is 59.7 Å². The summed E-state index contributed by atoms with van der Waals surface area (Å²) in [6, 6.07) is 16.1. The average molecular weight is 342 g/mol. The highest BCUT2D eigenvalue weighted by atomic mass is 16.5. The van der Waals surface area contributed by atoms with Crippen LogP contribution in [0.2, 0.25) is 0 Å². The number of rotatable bonds is 7. The van der Waals surface area contributed by atoms with E-state index >= 15 is 0 Å². The number of aliphatic hydroxyl groups is 1. The van der Waals surface area contributed by atoms with Gasteiger partial charge in [-0.05, 0) is 29.7 Å². The molecule has 0 bridgehead atoms. The minimum Gasteiger partial charge on any atom is -0.504 e. The summed E-state index contributed by atoms with van der Waals surface area (Å²) in [5.74, 6) is 0.639. The number of hydrogen-bond donors (Lipinski definition) is 3. The molecule has 0 spiro atoms. The van der Waals surface area contributed by atoms with Crippen LogP contribution in [0, 0.1) is 0 Å². The summed E-state index contributed by atoms with van der Waals surface area (Å²) in [6.45, 7) is 3.04. The van der Waals surface area contributed by atoms with Crippen molar-refractivity contribution >= 4 is 0 Å². The Morgan fingerprint density at radius 1 is 1.16 bits per heavy atom. The number of likely N-dealkylation sites (tertiary alicyclic amines) is 1. The summed E-state index contributed by atoms with van der Waals surface area (Å²) in [4.78, 5) is 2.33. The van der Waals surface area contributed by atoms with E-state index in [1.807, 2.05) is 24.3 Å². The van der Waals surface area contributed by atoms with E-state index in [1.165, 1.54) is 5.56 Å². The number of ether oxygens (including phenoxy) is 1. The van der Waals surface area contributed by atoms with Gasteiger partial charge in [0, 0.05) is 32.2 Å². The first kappa shape index (κ1) is 17.7. The monoisotopic (exact) mass is 342 g/mol. The largest absolute Gasteiger partial charge is 0.504 e. The number of phenolic OH excluding ortho intramolecular Hbond substituents is 1. The van der Waals surface area contributed by atoms with Crippen LogP contribution in [0.5, 0.6) is 11.5 Å². The van der Waals surface area contributed by atoms with Crippen molar-refractivity contribution in [3.8, 4) is 11.5 Å². The molecule has 0 radical (unpaired) electrons. The van der Waals surface area contributed by atoms with Crippen LogP contribution in [0.25, 0.3) is 0 Å². The Kier molecular flexibility index (Phi) is 5.91. The van der Waals surface area contributed by atoms with Crippen molar-refractivity contribution in [2.45, 2.75) is 31.7 Å². The molecule has 1 aliphatic rings. The first-order valence-electron chi connectivity index (χ1n) is 8.68. The number of β-amino-alcohol motifs (C(OH)–C–C–N with tert-alkyl or cyclic N) is 1. The number of methoxy groups -OCH3 is 1. The van der Waals surface area contributed by atoms with Crippen LogP contribution in [-0.2, 0) is 13.1 Å². The van der Waals surface area contributed by atoms with Gasteiger partial charge in [-0.25, -0.2) is 0 Å². The average Bonchev–Trinajstić information content (AvgIpc) is 2.95. The predicted octanol–water partition coefficient (Wildman–Crippen LogP) is 2.13. The molecule has 2 aromatic rings. The topological polar surface area (TPSA) is 65.0 Å². The van der Waals surface area contributed by atoms with E-state index in [-0.39, 0.29) is 11.9 Å². The smallest absolute Gasteiger partial charge is 0.160 e. The minimum atomic E-state index is -0.263. The summed E-state index contributed by atoms with van der Waals surface area (Å²) < 4.78 is 5.06. The molecule has 2 atom stereocenters. The van der Waals surface area contributed by atoms with Gasteiger partial charge in [-0.3, -0.25) is 4.90 Å². The SMILES string of the molecule is COc1ccc(CNCC2CC(O)CN2Cc2ccccc2)cc1O. The second-order valence-corrected chi connectivity index (χ2v) is 6.60. The van der Waals surface area contributed by atoms with E-state index in [0.717, 1.165) is 25.1 Å². The van der Waals surface area contributed by atoms with Crippen LogP contribution in [0.15, 0.2) is 48.5 Å². The molecule has 0 aliphatic carbocycles. The molecule has 134 valence electrons. The number of nitrogens with one attached hydrogen (secondary N) is 1. The second-order valence-electron chi connectivity index (χ2n) is 6.60. The van der Waals surface area contributed by atoms with Gasteiger partial charge in [0.15, 0.2) is 11.5 Å². The molecule has 2 unspecified atom stereocenters. The van der Waals surface area contributed by atoms with Crippen molar-refractivity contribution in [3.63, 3.8) is 0 Å². The van der Waals surface area contributed by atoms with Crippen LogP contribution >= 0.6 is 0 Å². The molecule has 0 aromatic heterocycles. The molecule has 25 heavy (non-hydrogen) atoms. The zero-order chi connectivity index (χ0) is 17.6. The fourth-order valence-corrected chi connectivity index (χ4v) is 3.41. The normalized spacial score (nSPS) is 20.7. The van der Waals surface area contributed by atoms with Gasteiger partial charge >= 0.3 is 0 Å². The lowest BCUT2D eigenvalue weighted by Crippen LogP contribution is -2.37. The summed E-state index contributed by atoms with van der Waals surface area (Å²) in [7, 11) is 1.54. The molecule has 1 heterocycles. The Bertz CT molecular complexity index is 678. The molecule has 2 aromatic carbocycles. The summed E-state index contributed by atoms with van der Waals surface area (Å²) >= 11 is 0. The zero-order valence-electron chi connectivity index (χ0n) is 14.6. The highest BCUT2D eigenvalue weighted by Crippen LogP contribution is 2.26. The molecule has 3 rings (SSSR count). The third kappa shape index (κ3) is 4.72. The molecular formula is C20H26N2O3. The molecule has 1 fully saturated rings. The lowest BCUT2D eigenvalue weighted by Gasteiger charge is -2.24. The van der Waals surface area contributed by atoms with Gasteiger partial charge in [-0.2, -0.15) is 0 Å². The van der Waals surface area contributed by atoms with Crippen LogP contribution in [0.1, 0.15) is 17.5 Å². The van der Waals surface area contributed by atoms with Gasteiger partial charge in [0.1, 0.15) is 0 Å². The van der Waals surface area contributed by atoms with Gasteiger partial charge in [-0.15, -0.1) is 0 Å². The maximum atomic E-state index is 10.0. The van der Waals surface area contributed by atoms with Gasteiger partial charge < -0.3 is 20.3 Å². The van der Waals surface area contributed by atoms with Crippen molar-refractivity contribution in [2.75, 3.05) is 20.2 Å². The quantitative estimate of drug-likeness (QED) is 0.719. The second kappa shape index (κ2) is 8.34. The maximum absolute atomic E-state index is 10.0. The van der Waals surface area contributed by atoms with Crippen molar-refractivity contribution in [1.29, 1.82) is 0 Å². The lowest BCUT2D eigenvalue weighted by atomic mass is 10.1. The molecular weight excluding hydrogens is 316 g/mol. The number of benzene rings is 2. The van der Waals surface area contributed by atoms with Crippen LogP contribution in [0.3, 0.4) is 0 Å². The first-order valence-corrected chi connectivity index (χ1v) is 8.68. The van der Waals surface area contributed by atoms with Gasteiger partial charge in [0.25, 0.3) is 0 Å². The Balaban J connectivity index is 1.53. The molecule has 0 saturated carbocycles. The minimum absolute atomic E-state index is 0.156. The fourth-order valence-electron chi connectivity index (χ4n) is 3.41. The van der Waals surface area contributed by atoms with Crippen LogP contribution in [0.4, 0.5) is 0 Å². The van der Waals surface area contributed by atoms with Crippen molar-refractivity contribution in [1.82, 2.24) is 10.2 Å². The third-order valence-electron chi connectivity index (χ3n) is 4.69. The molecule has 5 heteroatoms. The van der Waals surface area contributed by atoms with Crippen LogP contribution < -0.4 is 10.1 Å². The van der Waals surface area contributed by atoms with Gasteiger partial charge in [0.05, 0.1) is 13.2 Å². The molecule has 0 amide bonds. The van der Waals surface area contributed by atoms with E-state index in [4.69, 9.17) is 4.74 Å². The van der Waals surface area contributed by atoms with Crippen molar-refractivity contribution in [2.24, 2.45) is 0 Å². The van der Waals surface area contributed by atoms with Crippen LogP contribution in [-0.4, -0.2) is 47.5 Å². The standard InChI is InChI=1S/C20H26N2O3/c1-25-20-8-7-16(9-19(20)24)11-21-12-17-10-18(23)14-22(17)13-15-5-3-2-4-6-15/h2-9,17-18,21,23-24H,10-14H2,1H3. The van der Waals surface area contributed by atoms with Gasteiger partial charge in [-0.1, -0.05) is 36.4 Å². The molecule has 5 nitrogen and oxygen atoms in total. The number of nitrogens with zero attached hydrogens (tertiary/aromatic N) is 1. The number of hydrogen-bond acceptors (Lipinski definition) is 5. The first-order chi connectivity index (χ1) is 12.2. The molecule has 3 N–H and O–H groups in total. The molecule has 1 aliphatic heterocycles. The summed E-state index contributed by atoms with van der Waals surface area (Å²) in [6.07, 6.45) is 0.522. The predicted molar refractivity (Wildman–Crippen MR) is 97.6 cm³/mol. The number of phenols is 1. The zero-order valence-corrected chi connectivity index (χ0v) is 14.6. The van der Waals surface area contributed by atoms with Crippen molar-refractivity contribution < 1.29 is 14.9 Å². The Morgan fingerprint density at radius 2 is 1.96 bits per heavy atom. The number of aliphatic hydroxyl groups excluding tert-OH is 1. The van der Waals surface area contributed by atoms with Gasteiger partial charge in [0.2, 0.25) is 0 Å². The van der Waals surface area contributed by atoms with E-state index < -0.39 is 0 Å². The van der Waals surface area contributed by atoms with E-state index in [9.17, 15) is 10.2 Å². The van der Waals surface area contributed by atoms with E-state index in [0.29, 0.717) is 24.9 Å². The van der Waals surface area contributed by atoms with E-state index in [1.54, 1.807) is 19.2 Å². The van der Waals surface area contributed by atoms with E-state index in [2.05, 4.69) is 22.3 Å². The summed E-state index contributed by atoms with van der Waals surface area (Å²) in [5.41, 5.74) is 2.27. The Labute approximate surface area is 148 Å². The highest BCUT2D eigenvalue weighted by Gasteiger charge is 2.30. The fraction of sp³-hybridized carbons (Fsp3) is 0.400.